The zero-order valence-electron chi connectivity index (χ0n) is 15.1. The molecule has 136 valence electrons. The van der Waals surface area contributed by atoms with Crippen molar-refractivity contribution < 1.29 is 4.79 Å². The number of carbonyl (C=O) groups excluding carboxylic acids is 1. The van der Waals surface area contributed by atoms with Crippen molar-refractivity contribution in [2.24, 2.45) is 5.73 Å². The third kappa shape index (κ3) is 3.19. The second kappa shape index (κ2) is 6.93. The molecule has 0 bridgehead atoms. The van der Waals surface area contributed by atoms with Gasteiger partial charge in [-0.25, -0.2) is 0 Å². The minimum atomic E-state index is -0.446. The lowest BCUT2D eigenvalue weighted by molar-refractivity contribution is 0.1000. The Bertz CT molecular complexity index is 1250. The number of aromatic nitrogens is 1. The molecule has 28 heavy (non-hydrogen) atoms. The van der Waals surface area contributed by atoms with Crippen LogP contribution in [0.3, 0.4) is 0 Å². The Labute approximate surface area is 162 Å². The lowest BCUT2D eigenvalue weighted by Gasteiger charge is -2.07. The van der Waals surface area contributed by atoms with Crippen molar-refractivity contribution >= 4 is 22.5 Å². The summed E-state index contributed by atoms with van der Waals surface area (Å²) in [6.45, 7) is 0.575. The maximum absolute atomic E-state index is 11.5. The number of amides is 1. The molecule has 0 atom stereocenters. The second-order valence-corrected chi connectivity index (χ2v) is 6.70. The summed E-state index contributed by atoms with van der Waals surface area (Å²) < 4.78 is 2.11. The topological polar surface area (TPSA) is 97.8 Å². The Morgan fingerprint density at radius 3 is 2.61 bits per heavy atom. The third-order valence-electron chi connectivity index (χ3n) is 4.77. The lowest BCUT2D eigenvalue weighted by Crippen LogP contribution is -2.11. The highest BCUT2D eigenvalue weighted by molar-refractivity contribution is 5.97. The van der Waals surface area contributed by atoms with Crippen molar-refractivity contribution in [2.75, 3.05) is 5.73 Å². The van der Waals surface area contributed by atoms with Crippen LogP contribution in [-0.2, 0) is 6.54 Å². The summed E-state index contributed by atoms with van der Waals surface area (Å²) in [6.07, 6.45) is 2.05. The van der Waals surface area contributed by atoms with Crippen LogP contribution in [0.2, 0.25) is 0 Å². The van der Waals surface area contributed by atoms with Gasteiger partial charge in [0.05, 0.1) is 11.6 Å². The van der Waals surface area contributed by atoms with Gasteiger partial charge >= 0.3 is 0 Å². The number of hydrogen-bond donors (Lipinski definition) is 2. The van der Waals surface area contributed by atoms with Crippen LogP contribution in [0.4, 0.5) is 5.69 Å². The number of nitrogen functional groups attached to an aromatic ring is 1. The molecule has 4 aromatic rings. The lowest BCUT2D eigenvalue weighted by atomic mass is 10.0. The van der Waals surface area contributed by atoms with E-state index in [0.717, 1.165) is 27.6 Å². The molecule has 3 aromatic carbocycles. The minimum absolute atomic E-state index is 0.446. The molecule has 1 aromatic heterocycles. The number of benzene rings is 3. The van der Waals surface area contributed by atoms with E-state index >= 15 is 0 Å². The van der Waals surface area contributed by atoms with E-state index in [2.05, 4.69) is 16.8 Å². The van der Waals surface area contributed by atoms with E-state index in [0.29, 0.717) is 23.4 Å². The fourth-order valence-electron chi connectivity index (χ4n) is 3.45. The summed E-state index contributed by atoms with van der Waals surface area (Å²) in [6, 6.07) is 22.8. The first-order chi connectivity index (χ1) is 13.5. The van der Waals surface area contributed by atoms with Gasteiger partial charge in [-0.1, -0.05) is 24.3 Å². The highest BCUT2D eigenvalue weighted by Crippen LogP contribution is 2.32. The van der Waals surface area contributed by atoms with E-state index in [4.69, 9.17) is 11.5 Å². The van der Waals surface area contributed by atoms with Gasteiger partial charge in [0.25, 0.3) is 0 Å². The molecule has 0 aliphatic heterocycles. The van der Waals surface area contributed by atoms with Gasteiger partial charge < -0.3 is 16.0 Å². The molecular weight excluding hydrogens is 348 g/mol. The number of nitriles is 1. The molecule has 0 aliphatic carbocycles. The van der Waals surface area contributed by atoms with E-state index in [-0.39, 0.29) is 0 Å². The van der Waals surface area contributed by atoms with Gasteiger partial charge in [0.15, 0.2) is 0 Å². The number of fused-ring (bicyclic) bond motifs is 1. The van der Waals surface area contributed by atoms with E-state index in [1.165, 1.54) is 0 Å². The van der Waals surface area contributed by atoms with Crippen molar-refractivity contribution in [3.63, 3.8) is 0 Å². The average molecular weight is 366 g/mol. The first-order valence-electron chi connectivity index (χ1n) is 8.83. The summed E-state index contributed by atoms with van der Waals surface area (Å²) in [5.41, 5.74) is 17.1. The summed E-state index contributed by atoms with van der Waals surface area (Å²) in [4.78, 5) is 11.5. The molecule has 0 fully saturated rings. The quantitative estimate of drug-likeness (QED) is 0.536. The first kappa shape index (κ1) is 17.4. The highest BCUT2D eigenvalue weighted by Gasteiger charge is 2.12. The van der Waals surface area contributed by atoms with E-state index < -0.39 is 5.91 Å². The Balaban J connectivity index is 1.86. The Kier molecular flexibility index (Phi) is 4.30. The van der Waals surface area contributed by atoms with Gasteiger partial charge in [0, 0.05) is 40.5 Å². The standard InChI is InChI=1S/C23H18N4O/c24-12-15-7-8-22-20(10-15)21(17-4-2-6-19(25)11-17)14-27(22)13-16-3-1-5-18(9-16)23(26)28/h1-11,14H,13,25H2,(H2,26,28). The molecule has 1 heterocycles. The molecule has 1 amide bonds. The van der Waals surface area contributed by atoms with Crippen LogP contribution < -0.4 is 11.5 Å². The Morgan fingerprint density at radius 2 is 1.86 bits per heavy atom. The van der Waals surface area contributed by atoms with Gasteiger partial charge in [0.2, 0.25) is 5.91 Å². The number of nitrogens with two attached hydrogens (primary N) is 2. The molecule has 5 heteroatoms. The number of anilines is 1. The predicted molar refractivity (Wildman–Crippen MR) is 111 cm³/mol. The molecule has 0 saturated heterocycles. The average Bonchev–Trinajstić information content (AvgIpc) is 3.05. The van der Waals surface area contributed by atoms with Gasteiger partial charge in [-0.15, -0.1) is 0 Å². The van der Waals surface area contributed by atoms with Crippen LogP contribution in [0.1, 0.15) is 21.5 Å². The van der Waals surface area contributed by atoms with Crippen molar-refractivity contribution in [2.45, 2.75) is 6.54 Å². The number of rotatable bonds is 4. The van der Waals surface area contributed by atoms with Crippen LogP contribution in [0.15, 0.2) is 72.9 Å². The minimum Gasteiger partial charge on any atom is -0.399 e. The van der Waals surface area contributed by atoms with Crippen molar-refractivity contribution in [1.82, 2.24) is 4.57 Å². The maximum Gasteiger partial charge on any atom is 0.248 e. The molecule has 0 radical (unpaired) electrons. The summed E-state index contributed by atoms with van der Waals surface area (Å²) in [5, 5.41) is 10.3. The molecule has 0 spiro atoms. The summed E-state index contributed by atoms with van der Waals surface area (Å²) in [7, 11) is 0. The van der Waals surface area contributed by atoms with Crippen LogP contribution in [0, 0.1) is 11.3 Å². The zero-order chi connectivity index (χ0) is 19.7. The van der Waals surface area contributed by atoms with E-state index in [1.54, 1.807) is 12.1 Å². The molecule has 5 nitrogen and oxygen atoms in total. The monoisotopic (exact) mass is 366 g/mol. The van der Waals surface area contributed by atoms with Crippen LogP contribution in [0.25, 0.3) is 22.0 Å². The fourth-order valence-corrected chi connectivity index (χ4v) is 3.45. The fraction of sp³-hybridized carbons (Fsp3) is 0.0435. The molecule has 4 N–H and O–H groups in total. The zero-order valence-corrected chi connectivity index (χ0v) is 15.1. The summed E-state index contributed by atoms with van der Waals surface area (Å²) >= 11 is 0. The molecule has 0 aliphatic rings. The molecular formula is C23H18N4O. The molecule has 0 unspecified atom stereocenters. The van der Waals surface area contributed by atoms with Gasteiger partial charge in [0.1, 0.15) is 0 Å². The van der Waals surface area contributed by atoms with E-state index in [9.17, 15) is 10.1 Å². The first-order valence-corrected chi connectivity index (χ1v) is 8.83. The second-order valence-electron chi connectivity index (χ2n) is 6.70. The normalized spacial score (nSPS) is 10.7. The highest BCUT2D eigenvalue weighted by atomic mass is 16.1. The Hall–Kier alpha value is -4.04. The molecule has 0 saturated carbocycles. The van der Waals surface area contributed by atoms with Crippen LogP contribution in [0.5, 0.6) is 0 Å². The van der Waals surface area contributed by atoms with Crippen LogP contribution in [-0.4, -0.2) is 10.5 Å². The van der Waals surface area contributed by atoms with Gasteiger partial charge in [-0.05, 0) is 53.6 Å². The molecule has 4 rings (SSSR count). The maximum atomic E-state index is 11.5. The number of hydrogen-bond acceptors (Lipinski definition) is 3. The summed E-state index contributed by atoms with van der Waals surface area (Å²) in [5.74, 6) is -0.446. The van der Waals surface area contributed by atoms with Gasteiger partial charge in [-0.3, -0.25) is 4.79 Å². The number of carbonyl (C=O) groups is 1. The number of nitrogens with zero attached hydrogens (tertiary/aromatic N) is 2. The van der Waals surface area contributed by atoms with Crippen LogP contribution >= 0.6 is 0 Å². The largest absolute Gasteiger partial charge is 0.399 e. The van der Waals surface area contributed by atoms with E-state index in [1.807, 2.05) is 54.6 Å². The van der Waals surface area contributed by atoms with Crippen molar-refractivity contribution in [3.05, 3.63) is 89.6 Å². The smallest absolute Gasteiger partial charge is 0.248 e. The number of primary amides is 1. The van der Waals surface area contributed by atoms with Gasteiger partial charge in [-0.2, -0.15) is 5.26 Å². The third-order valence-corrected chi connectivity index (χ3v) is 4.77. The van der Waals surface area contributed by atoms with Crippen molar-refractivity contribution in [3.8, 4) is 17.2 Å². The SMILES string of the molecule is N#Cc1ccc2c(c1)c(-c1cccc(N)c1)cn2Cc1cccc(C(N)=O)c1. The predicted octanol–water partition coefficient (Wildman–Crippen LogP) is 3.91. The Morgan fingerprint density at radius 1 is 1.04 bits per heavy atom. The van der Waals surface area contributed by atoms with Crippen molar-refractivity contribution in [1.29, 1.82) is 5.26 Å².